The van der Waals surface area contributed by atoms with E-state index in [4.69, 9.17) is 9.47 Å². The molecule has 0 radical (unpaired) electrons. The summed E-state index contributed by atoms with van der Waals surface area (Å²) in [5, 5.41) is 15.4. The molecule has 5 N–H and O–H groups in total. The zero-order valence-corrected chi connectivity index (χ0v) is 37.9. The van der Waals surface area contributed by atoms with Gasteiger partial charge >= 0.3 is 0 Å². The Hall–Kier alpha value is -7.34. The van der Waals surface area contributed by atoms with Gasteiger partial charge < -0.3 is 35.6 Å². The van der Waals surface area contributed by atoms with Gasteiger partial charge in [-0.2, -0.15) is 0 Å². The van der Waals surface area contributed by atoms with Crippen LogP contribution >= 0.6 is 11.3 Å². The van der Waals surface area contributed by atoms with Gasteiger partial charge in [0.05, 0.1) is 68.2 Å². The number of aromatic nitrogens is 3. The number of rotatable bonds is 21. The summed E-state index contributed by atoms with van der Waals surface area (Å²) < 4.78 is 35.5. The maximum atomic E-state index is 13.3. The largest absolute Gasteiger partial charge is 0.382 e. The number of nitrogens with one attached hydrogen (secondary N) is 5. The van der Waals surface area contributed by atoms with Crippen molar-refractivity contribution in [2.45, 2.75) is 18.9 Å². The summed E-state index contributed by atoms with van der Waals surface area (Å²) in [6.07, 6.45) is 5.19. The predicted molar refractivity (Wildman–Crippen MR) is 246 cm³/mol. The summed E-state index contributed by atoms with van der Waals surface area (Å²) in [5.74, 6) is -3.05. The van der Waals surface area contributed by atoms with Gasteiger partial charge in [-0.15, -0.1) is 11.3 Å². The van der Waals surface area contributed by atoms with E-state index in [-0.39, 0.29) is 81.5 Å². The lowest BCUT2D eigenvalue weighted by Gasteiger charge is -2.27. The molecule has 2 aliphatic rings. The van der Waals surface area contributed by atoms with Gasteiger partial charge in [-0.3, -0.25) is 47.8 Å². The number of hydrogen-bond donors (Lipinski definition) is 5. The van der Waals surface area contributed by atoms with Gasteiger partial charge in [0.15, 0.2) is 5.13 Å². The molecule has 0 aliphatic carbocycles. The van der Waals surface area contributed by atoms with Crippen molar-refractivity contribution in [1.29, 1.82) is 0 Å². The summed E-state index contributed by atoms with van der Waals surface area (Å²) in [7, 11) is -1.79. The third-order valence-corrected chi connectivity index (χ3v) is 12.2. The number of piperidine rings is 1. The van der Waals surface area contributed by atoms with Crippen molar-refractivity contribution in [3.05, 3.63) is 101 Å². The Morgan fingerprint density at radius 1 is 0.896 bits per heavy atom. The summed E-state index contributed by atoms with van der Waals surface area (Å²) >= 11 is 1.22. The lowest BCUT2D eigenvalue weighted by Crippen LogP contribution is -2.54. The molecule has 3 aromatic heterocycles. The fraction of sp³-hybridized carbons (Fsp3) is 0.295. The SMILES string of the molecule is CN(CC(=O)NCCOCCOCCNc1cccc2c1C(=O)N(C1CCC(=O)NC1=O)C2=O)c1cc(-c2cccc(-c3csc(NC(=O)CNC(=O)c4ccn(S(C)(=O)=O)c4)n3)c2)ccn1. The Balaban J connectivity index is 0.786. The first-order chi connectivity index (χ1) is 32.2. The van der Waals surface area contributed by atoms with E-state index in [1.165, 1.54) is 35.9 Å². The van der Waals surface area contributed by atoms with Crippen molar-refractivity contribution < 1.29 is 51.5 Å². The quantitative estimate of drug-likeness (QED) is 0.0520. The maximum Gasteiger partial charge on any atom is 0.264 e. The maximum absolute atomic E-state index is 13.3. The van der Waals surface area contributed by atoms with E-state index >= 15 is 0 Å². The van der Waals surface area contributed by atoms with Crippen LogP contribution in [0.3, 0.4) is 0 Å². The molecule has 1 fully saturated rings. The number of hydrogen-bond acceptors (Lipinski definition) is 16. The molecule has 67 heavy (non-hydrogen) atoms. The van der Waals surface area contributed by atoms with Crippen molar-refractivity contribution >= 4 is 79.3 Å². The number of amides is 7. The van der Waals surface area contributed by atoms with Crippen LogP contribution in [0, 0.1) is 0 Å². The molecule has 1 unspecified atom stereocenters. The van der Waals surface area contributed by atoms with Crippen molar-refractivity contribution in [2.75, 3.05) is 81.4 Å². The molecule has 5 aromatic rings. The van der Waals surface area contributed by atoms with Crippen LogP contribution in [0.1, 0.15) is 43.9 Å². The van der Waals surface area contributed by atoms with Crippen molar-refractivity contribution in [3.63, 3.8) is 0 Å². The van der Waals surface area contributed by atoms with Crippen LogP contribution < -0.4 is 31.5 Å². The van der Waals surface area contributed by atoms with E-state index in [1.807, 2.05) is 36.4 Å². The highest BCUT2D eigenvalue weighted by atomic mass is 32.2. The minimum atomic E-state index is -3.54. The lowest BCUT2D eigenvalue weighted by atomic mass is 10.0. The van der Waals surface area contributed by atoms with Crippen molar-refractivity contribution in [2.24, 2.45) is 0 Å². The first-order valence-corrected chi connectivity index (χ1v) is 23.6. The standard InChI is InChI=1S/C44H46N10O11S2/c1-52(25-38(57)47-15-18-65-20-19-64-17-14-45-32-8-4-7-31-39(32)43(61)54(42(31)60)34-9-10-36(55)50-41(34)59)35-22-28(11-13-46-35)27-5-3-6-29(21-27)33-26-66-44(49-33)51-37(56)23-48-40(58)30-12-16-53(24-30)67(2,62)63/h3-8,11-13,16,21-22,24,26,34,45H,9-10,14-15,17-20,23,25H2,1-2H3,(H,47,57)(H,48,58)(H,49,51,56)(H,50,55,59). The van der Waals surface area contributed by atoms with Crippen LogP contribution in [0.5, 0.6) is 0 Å². The minimum Gasteiger partial charge on any atom is -0.382 e. The number of thiazole rings is 1. The number of anilines is 3. The van der Waals surface area contributed by atoms with Gasteiger partial charge in [-0.25, -0.2) is 18.4 Å². The Morgan fingerprint density at radius 2 is 1.64 bits per heavy atom. The number of benzene rings is 2. The molecular formula is C44H46N10O11S2. The molecule has 5 heterocycles. The number of likely N-dealkylation sites (N-methyl/N-ethyl adjacent to an activating group) is 1. The number of carbonyl (C=O) groups is 7. The zero-order chi connectivity index (χ0) is 47.7. The van der Waals surface area contributed by atoms with Gasteiger partial charge in [0.25, 0.3) is 17.7 Å². The number of ether oxygens (including phenoxy) is 2. The monoisotopic (exact) mass is 954 g/mol. The molecule has 2 aliphatic heterocycles. The third kappa shape index (κ3) is 11.9. The second-order valence-electron chi connectivity index (χ2n) is 15.3. The number of fused-ring (bicyclic) bond motifs is 1. The topological polar surface area (TPSA) is 269 Å². The fourth-order valence-electron chi connectivity index (χ4n) is 7.13. The van der Waals surface area contributed by atoms with E-state index in [9.17, 15) is 42.0 Å². The van der Waals surface area contributed by atoms with Crippen LogP contribution in [-0.4, -0.2) is 141 Å². The van der Waals surface area contributed by atoms with Gasteiger partial charge in [-0.05, 0) is 53.9 Å². The normalized spacial score (nSPS) is 14.7. The molecule has 350 valence electrons. The molecular weight excluding hydrogens is 909 g/mol. The third-order valence-electron chi connectivity index (χ3n) is 10.5. The molecule has 0 saturated carbocycles. The van der Waals surface area contributed by atoms with Gasteiger partial charge in [0, 0.05) is 61.8 Å². The molecule has 1 atom stereocenters. The molecule has 7 rings (SSSR count). The Bertz CT molecular complexity index is 2830. The van der Waals surface area contributed by atoms with Crippen LogP contribution in [0.2, 0.25) is 0 Å². The molecule has 1 saturated heterocycles. The smallest absolute Gasteiger partial charge is 0.264 e. The summed E-state index contributed by atoms with van der Waals surface area (Å²) in [6, 6.07) is 16.5. The van der Waals surface area contributed by atoms with Crippen LogP contribution in [0.4, 0.5) is 16.6 Å². The molecule has 0 spiro atoms. The highest BCUT2D eigenvalue weighted by Gasteiger charge is 2.45. The summed E-state index contributed by atoms with van der Waals surface area (Å²) in [6.45, 7) is 1.37. The fourth-order valence-corrected chi connectivity index (χ4v) is 8.45. The second kappa shape index (κ2) is 21.3. The Morgan fingerprint density at radius 3 is 2.40 bits per heavy atom. The predicted octanol–water partition coefficient (Wildman–Crippen LogP) is 1.95. The molecule has 23 heteroatoms. The van der Waals surface area contributed by atoms with Crippen LogP contribution in [0.25, 0.3) is 22.4 Å². The Kier molecular flexibility index (Phi) is 15.1. The van der Waals surface area contributed by atoms with Crippen molar-refractivity contribution in [3.8, 4) is 22.4 Å². The molecule has 21 nitrogen and oxygen atoms in total. The van der Waals surface area contributed by atoms with E-state index in [2.05, 4.69) is 36.6 Å². The van der Waals surface area contributed by atoms with E-state index in [1.54, 1.807) is 35.7 Å². The molecule has 7 amide bonds. The number of nitrogens with zero attached hydrogens (tertiary/aromatic N) is 5. The Labute approximate surface area is 388 Å². The summed E-state index contributed by atoms with van der Waals surface area (Å²) in [5.41, 5.74) is 4.02. The average molecular weight is 955 g/mol. The average Bonchev–Trinajstić information content (AvgIpc) is 4.06. The van der Waals surface area contributed by atoms with Gasteiger partial charge in [0.2, 0.25) is 33.7 Å². The van der Waals surface area contributed by atoms with E-state index in [0.29, 0.717) is 28.9 Å². The highest BCUT2D eigenvalue weighted by Crippen LogP contribution is 2.33. The summed E-state index contributed by atoms with van der Waals surface area (Å²) in [4.78, 5) is 99.6. The van der Waals surface area contributed by atoms with E-state index < -0.39 is 51.5 Å². The first kappa shape index (κ1) is 47.6. The van der Waals surface area contributed by atoms with Crippen LogP contribution in [-0.2, 0) is 38.7 Å². The number of carbonyl (C=O) groups excluding carboxylic acids is 7. The van der Waals surface area contributed by atoms with Gasteiger partial charge in [0.1, 0.15) is 11.9 Å². The first-order valence-electron chi connectivity index (χ1n) is 20.9. The molecule has 0 bridgehead atoms. The number of pyridine rings is 1. The lowest BCUT2D eigenvalue weighted by molar-refractivity contribution is -0.136. The highest BCUT2D eigenvalue weighted by molar-refractivity contribution is 7.89. The van der Waals surface area contributed by atoms with Gasteiger partial charge in [-0.1, -0.05) is 24.3 Å². The van der Waals surface area contributed by atoms with E-state index in [0.717, 1.165) is 31.8 Å². The van der Waals surface area contributed by atoms with Crippen LogP contribution in [0.15, 0.2) is 84.6 Å². The van der Waals surface area contributed by atoms with Crippen molar-refractivity contribution in [1.82, 2.24) is 34.8 Å². The second-order valence-corrected chi connectivity index (χ2v) is 18.0. The zero-order valence-electron chi connectivity index (χ0n) is 36.3. The molecule has 2 aromatic carbocycles. The minimum absolute atomic E-state index is 0.0371. The number of imide groups is 2.